The van der Waals surface area contributed by atoms with Gasteiger partial charge in [0.25, 0.3) is 5.91 Å². The highest BCUT2D eigenvalue weighted by Crippen LogP contribution is 2.23. The highest BCUT2D eigenvalue weighted by atomic mass is 16.2. The zero-order valence-electron chi connectivity index (χ0n) is 20.0. The Kier molecular flexibility index (Phi) is 6.81. The molecule has 1 aliphatic heterocycles. The van der Waals surface area contributed by atoms with Crippen LogP contribution in [0.5, 0.6) is 0 Å². The predicted octanol–water partition coefficient (Wildman–Crippen LogP) is 3.49. The lowest BCUT2D eigenvalue weighted by Gasteiger charge is -2.34. The maximum absolute atomic E-state index is 13.2. The molecule has 1 N–H and O–H groups in total. The van der Waals surface area contributed by atoms with Gasteiger partial charge in [-0.3, -0.25) is 24.0 Å². The number of rotatable bonds is 6. The number of aromatic nitrogens is 4. The Morgan fingerprint density at radius 1 is 0.972 bits per heavy atom. The summed E-state index contributed by atoms with van der Waals surface area (Å²) in [5, 5.41) is 3.26. The number of benzene rings is 1. The lowest BCUT2D eigenvalue weighted by Crippen LogP contribution is -2.50. The summed E-state index contributed by atoms with van der Waals surface area (Å²) in [6.45, 7) is 4.78. The van der Waals surface area contributed by atoms with Crippen LogP contribution in [0.4, 0.5) is 11.6 Å². The summed E-state index contributed by atoms with van der Waals surface area (Å²) >= 11 is 0. The third-order valence-electron chi connectivity index (χ3n) is 6.25. The van der Waals surface area contributed by atoms with Crippen molar-refractivity contribution in [2.24, 2.45) is 0 Å². The molecular weight excluding hydrogens is 454 g/mol. The largest absolute Gasteiger partial charge is 0.336 e. The Labute approximate surface area is 209 Å². The third kappa shape index (κ3) is 5.31. The van der Waals surface area contributed by atoms with E-state index in [0.717, 1.165) is 22.5 Å². The van der Waals surface area contributed by atoms with Crippen molar-refractivity contribution in [1.29, 1.82) is 0 Å². The molecule has 1 saturated heterocycles. The molecule has 0 aliphatic carbocycles. The molecule has 0 unspecified atom stereocenters. The maximum Gasteiger partial charge on any atom is 0.254 e. The number of hydrogen-bond acceptors (Lipinski definition) is 7. The van der Waals surface area contributed by atoms with Gasteiger partial charge < -0.3 is 10.2 Å². The summed E-state index contributed by atoms with van der Waals surface area (Å²) in [6.07, 6.45) is 8.69. The van der Waals surface area contributed by atoms with Crippen LogP contribution in [0, 0.1) is 6.92 Å². The molecule has 1 aromatic carbocycles. The van der Waals surface area contributed by atoms with Crippen LogP contribution in [-0.2, 0) is 0 Å². The Hall–Kier alpha value is -4.37. The van der Waals surface area contributed by atoms with E-state index in [0.29, 0.717) is 44.2 Å². The normalized spacial score (nSPS) is 14.0. The number of piperazine rings is 1. The van der Waals surface area contributed by atoms with Crippen LogP contribution in [0.25, 0.3) is 11.3 Å². The van der Waals surface area contributed by atoms with Crippen LogP contribution in [-0.4, -0.2) is 73.9 Å². The molecule has 1 aliphatic rings. The highest BCUT2D eigenvalue weighted by molar-refractivity contribution is 5.95. The Morgan fingerprint density at radius 2 is 1.78 bits per heavy atom. The molecule has 9 heteroatoms. The van der Waals surface area contributed by atoms with Gasteiger partial charge in [0.2, 0.25) is 11.9 Å². The van der Waals surface area contributed by atoms with Gasteiger partial charge in [0, 0.05) is 74.0 Å². The van der Waals surface area contributed by atoms with Gasteiger partial charge in [0.15, 0.2) is 0 Å². The zero-order valence-corrected chi connectivity index (χ0v) is 20.0. The van der Waals surface area contributed by atoms with Crippen molar-refractivity contribution in [3.8, 4) is 11.3 Å². The number of aryl methyl sites for hydroxylation is 1. The van der Waals surface area contributed by atoms with Crippen molar-refractivity contribution < 1.29 is 9.59 Å². The molecule has 0 radical (unpaired) electrons. The Bertz CT molecular complexity index is 1350. The SMILES string of the molecule is Cc1ccc(C(=O)N2CCN(CC(=O)n3cccc3)CC2)cc1Nc1nccc(-c2cccnc2)n1. The fraction of sp³-hybridized carbons (Fsp3) is 0.222. The number of carbonyl (C=O) groups is 2. The van der Waals surface area contributed by atoms with Crippen LogP contribution < -0.4 is 5.32 Å². The van der Waals surface area contributed by atoms with Gasteiger partial charge >= 0.3 is 0 Å². The van der Waals surface area contributed by atoms with E-state index >= 15 is 0 Å². The van der Waals surface area contributed by atoms with Crippen LogP contribution in [0.2, 0.25) is 0 Å². The summed E-state index contributed by atoms with van der Waals surface area (Å²) in [6, 6.07) is 14.9. The van der Waals surface area contributed by atoms with Crippen molar-refractivity contribution in [3.63, 3.8) is 0 Å². The average Bonchev–Trinajstić information content (AvgIpc) is 3.46. The lowest BCUT2D eigenvalue weighted by molar-refractivity contribution is 0.0610. The van der Waals surface area contributed by atoms with Gasteiger partial charge in [-0.1, -0.05) is 6.07 Å². The Balaban J connectivity index is 1.23. The van der Waals surface area contributed by atoms with Gasteiger partial charge in [-0.05, 0) is 55.0 Å². The fourth-order valence-corrected chi connectivity index (χ4v) is 4.17. The molecule has 1 fully saturated rings. The van der Waals surface area contributed by atoms with E-state index < -0.39 is 0 Å². The molecule has 1 amide bonds. The molecule has 4 aromatic rings. The standard InChI is InChI=1S/C27H27N7O2/c1-20-6-7-21(17-24(20)31-27-29-10-8-23(30-27)22-5-4-9-28-18-22)26(36)34-15-13-32(14-16-34)19-25(35)33-11-2-3-12-33/h2-12,17-18H,13-16,19H2,1H3,(H,29,30,31). The molecule has 0 spiro atoms. The van der Waals surface area contributed by atoms with E-state index in [9.17, 15) is 9.59 Å². The van der Waals surface area contributed by atoms with Crippen LogP contribution in [0.1, 0.15) is 20.7 Å². The van der Waals surface area contributed by atoms with Gasteiger partial charge in [-0.25, -0.2) is 9.97 Å². The second kappa shape index (κ2) is 10.5. The van der Waals surface area contributed by atoms with E-state index in [1.165, 1.54) is 0 Å². The molecule has 0 atom stereocenters. The van der Waals surface area contributed by atoms with E-state index in [1.54, 1.807) is 35.6 Å². The number of amides is 1. The summed E-state index contributed by atoms with van der Waals surface area (Å²) in [4.78, 5) is 42.6. The molecular formula is C27H27N7O2. The fourth-order valence-electron chi connectivity index (χ4n) is 4.17. The summed E-state index contributed by atoms with van der Waals surface area (Å²) in [7, 11) is 0. The number of carbonyl (C=O) groups excluding carboxylic acids is 2. The zero-order chi connectivity index (χ0) is 24.9. The molecule has 4 heterocycles. The number of nitrogens with zero attached hydrogens (tertiary/aromatic N) is 6. The van der Waals surface area contributed by atoms with Crippen LogP contribution in [0.15, 0.2) is 79.5 Å². The van der Waals surface area contributed by atoms with Crippen molar-refractivity contribution in [3.05, 3.63) is 90.6 Å². The average molecular weight is 482 g/mol. The molecule has 3 aromatic heterocycles. The van der Waals surface area contributed by atoms with Gasteiger partial charge in [-0.15, -0.1) is 0 Å². The van der Waals surface area contributed by atoms with E-state index in [-0.39, 0.29) is 11.8 Å². The quantitative estimate of drug-likeness (QED) is 0.450. The summed E-state index contributed by atoms with van der Waals surface area (Å²) in [5.74, 6) is 0.452. The van der Waals surface area contributed by atoms with Gasteiger partial charge in [0.1, 0.15) is 0 Å². The first-order valence-corrected chi connectivity index (χ1v) is 11.9. The minimum atomic E-state index is -0.0283. The first-order valence-electron chi connectivity index (χ1n) is 11.9. The van der Waals surface area contributed by atoms with E-state index in [1.807, 2.05) is 60.4 Å². The summed E-state index contributed by atoms with van der Waals surface area (Å²) in [5.41, 5.74) is 4.02. The van der Waals surface area contributed by atoms with Crippen molar-refractivity contribution in [2.45, 2.75) is 6.92 Å². The third-order valence-corrected chi connectivity index (χ3v) is 6.25. The smallest absolute Gasteiger partial charge is 0.254 e. The van der Waals surface area contributed by atoms with Crippen LogP contribution >= 0.6 is 0 Å². The number of pyridine rings is 1. The van der Waals surface area contributed by atoms with Crippen molar-refractivity contribution in [2.75, 3.05) is 38.0 Å². The monoisotopic (exact) mass is 481 g/mol. The first-order chi connectivity index (χ1) is 17.6. The minimum absolute atomic E-state index is 0.0283. The van der Waals surface area contributed by atoms with Crippen molar-refractivity contribution in [1.82, 2.24) is 29.3 Å². The topological polar surface area (TPSA) is 96.2 Å². The van der Waals surface area contributed by atoms with Crippen molar-refractivity contribution >= 4 is 23.5 Å². The van der Waals surface area contributed by atoms with Gasteiger partial charge in [-0.2, -0.15) is 0 Å². The lowest BCUT2D eigenvalue weighted by atomic mass is 10.1. The van der Waals surface area contributed by atoms with E-state index in [2.05, 4.69) is 25.2 Å². The predicted molar refractivity (Wildman–Crippen MR) is 137 cm³/mol. The second-order valence-corrected chi connectivity index (χ2v) is 8.71. The van der Waals surface area contributed by atoms with E-state index in [4.69, 9.17) is 0 Å². The first kappa shape index (κ1) is 23.4. The summed E-state index contributed by atoms with van der Waals surface area (Å²) < 4.78 is 1.59. The highest BCUT2D eigenvalue weighted by Gasteiger charge is 2.24. The number of hydrogen-bond donors (Lipinski definition) is 1. The molecule has 182 valence electrons. The number of anilines is 2. The number of nitrogens with one attached hydrogen (secondary N) is 1. The van der Waals surface area contributed by atoms with Crippen LogP contribution in [0.3, 0.4) is 0 Å². The maximum atomic E-state index is 13.2. The molecule has 0 bridgehead atoms. The molecule has 9 nitrogen and oxygen atoms in total. The van der Waals surface area contributed by atoms with Gasteiger partial charge in [0.05, 0.1) is 12.2 Å². The minimum Gasteiger partial charge on any atom is -0.336 e. The second-order valence-electron chi connectivity index (χ2n) is 8.71. The molecule has 36 heavy (non-hydrogen) atoms. The molecule has 5 rings (SSSR count). The Morgan fingerprint density at radius 3 is 2.53 bits per heavy atom. The molecule has 0 saturated carbocycles.